The molecule has 0 bridgehead atoms. The van der Waals surface area contributed by atoms with E-state index in [1.165, 1.54) is 6.26 Å². The van der Waals surface area contributed by atoms with Crippen LogP contribution in [0.3, 0.4) is 0 Å². The molecule has 0 radical (unpaired) electrons. The zero-order chi connectivity index (χ0) is 14.5. The Balaban J connectivity index is 2.80. The predicted molar refractivity (Wildman–Crippen MR) is 78.6 cm³/mol. The Hall–Kier alpha value is -0.780. The molecule has 1 unspecified atom stereocenters. The average molecular weight is 306 g/mol. The van der Waals surface area contributed by atoms with Gasteiger partial charge in [-0.25, -0.2) is 8.42 Å². The highest BCUT2D eigenvalue weighted by Crippen LogP contribution is 2.29. The molecule has 1 atom stereocenters. The fourth-order valence-electron chi connectivity index (χ4n) is 1.60. The van der Waals surface area contributed by atoms with E-state index in [2.05, 4.69) is 0 Å². The lowest BCUT2D eigenvalue weighted by Crippen LogP contribution is -2.22. The summed E-state index contributed by atoms with van der Waals surface area (Å²) < 4.78 is 27.7. The van der Waals surface area contributed by atoms with Crippen LogP contribution in [0.1, 0.15) is 18.9 Å². The van der Waals surface area contributed by atoms with Crippen molar-refractivity contribution in [3.8, 4) is 5.75 Å². The van der Waals surface area contributed by atoms with Gasteiger partial charge in [0.1, 0.15) is 12.4 Å². The van der Waals surface area contributed by atoms with Gasteiger partial charge >= 0.3 is 0 Å². The Morgan fingerprint density at radius 2 is 2.11 bits per heavy atom. The number of nitrogens with two attached hydrogens (primary N) is 1. The summed E-state index contributed by atoms with van der Waals surface area (Å²) in [7, 11) is -3.04. The van der Waals surface area contributed by atoms with Crippen LogP contribution in [0, 0.1) is 0 Å². The van der Waals surface area contributed by atoms with E-state index in [1.54, 1.807) is 6.07 Å². The lowest BCUT2D eigenvalue weighted by molar-refractivity contribution is 0.336. The molecule has 4 nitrogen and oxygen atoms in total. The number of halogens is 1. The summed E-state index contributed by atoms with van der Waals surface area (Å²) in [5.41, 5.74) is 6.84. The molecule has 0 aliphatic rings. The van der Waals surface area contributed by atoms with Crippen LogP contribution in [0.5, 0.6) is 5.75 Å². The first-order valence-corrected chi connectivity index (χ1v) is 8.61. The van der Waals surface area contributed by atoms with Crippen molar-refractivity contribution in [1.29, 1.82) is 0 Å². The topological polar surface area (TPSA) is 69.4 Å². The summed E-state index contributed by atoms with van der Waals surface area (Å²) in [5, 5.41) is 0.481. The molecule has 1 aromatic rings. The molecule has 0 spiro atoms. The summed E-state index contributed by atoms with van der Waals surface area (Å²) >= 11 is 6.09. The molecule has 0 heterocycles. The Morgan fingerprint density at radius 1 is 1.42 bits per heavy atom. The summed E-state index contributed by atoms with van der Waals surface area (Å²) in [6.07, 6.45) is 2.69. The Kier molecular flexibility index (Phi) is 6.10. The van der Waals surface area contributed by atoms with Gasteiger partial charge in [-0.3, -0.25) is 0 Å². The zero-order valence-electron chi connectivity index (χ0n) is 11.2. The van der Waals surface area contributed by atoms with Gasteiger partial charge in [-0.1, -0.05) is 30.7 Å². The fourth-order valence-corrected chi connectivity index (χ4v) is 2.23. The highest BCUT2D eigenvalue weighted by Gasteiger charge is 2.12. The van der Waals surface area contributed by atoms with E-state index >= 15 is 0 Å². The van der Waals surface area contributed by atoms with Gasteiger partial charge in [0.15, 0.2) is 9.84 Å². The SMILES string of the molecule is CCC(N)Cc1cccc(Cl)c1OCCS(C)(=O)=O. The van der Waals surface area contributed by atoms with Gasteiger partial charge in [0.25, 0.3) is 0 Å². The van der Waals surface area contributed by atoms with E-state index in [4.69, 9.17) is 22.1 Å². The number of rotatable bonds is 7. The summed E-state index contributed by atoms with van der Waals surface area (Å²) in [4.78, 5) is 0. The third kappa shape index (κ3) is 5.80. The van der Waals surface area contributed by atoms with Crippen LogP contribution < -0.4 is 10.5 Å². The largest absolute Gasteiger partial charge is 0.491 e. The van der Waals surface area contributed by atoms with Crippen LogP contribution in [0.4, 0.5) is 0 Å². The minimum absolute atomic E-state index is 0.0303. The highest BCUT2D eigenvalue weighted by molar-refractivity contribution is 7.90. The quantitative estimate of drug-likeness (QED) is 0.837. The number of para-hydroxylation sites is 1. The lowest BCUT2D eigenvalue weighted by Gasteiger charge is -2.15. The van der Waals surface area contributed by atoms with Crippen molar-refractivity contribution < 1.29 is 13.2 Å². The number of ether oxygens (including phenoxy) is 1. The van der Waals surface area contributed by atoms with Gasteiger partial charge in [-0.2, -0.15) is 0 Å². The maximum atomic E-state index is 11.1. The molecule has 108 valence electrons. The van der Waals surface area contributed by atoms with Crippen LogP contribution >= 0.6 is 11.6 Å². The zero-order valence-corrected chi connectivity index (χ0v) is 12.8. The second kappa shape index (κ2) is 7.12. The molecule has 0 aliphatic carbocycles. The maximum Gasteiger partial charge on any atom is 0.150 e. The number of benzene rings is 1. The van der Waals surface area contributed by atoms with Crippen LogP contribution in [0.15, 0.2) is 18.2 Å². The molecule has 0 aromatic heterocycles. The van der Waals surface area contributed by atoms with Crippen LogP contribution in [0.25, 0.3) is 0 Å². The lowest BCUT2D eigenvalue weighted by atomic mass is 10.0. The van der Waals surface area contributed by atoms with Crippen molar-refractivity contribution in [2.75, 3.05) is 18.6 Å². The van der Waals surface area contributed by atoms with E-state index in [0.29, 0.717) is 17.2 Å². The Labute approximate surface area is 119 Å². The molecule has 19 heavy (non-hydrogen) atoms. The van der Waals surface area contributed by atoms with Crippen LogP contribution in [-0.2, 0) is 16.3 Å². The normalized spacial score (nSPS) is 13.3. The van der Waals surface area contributed by atoms with Crippen molar-refractivity contribution in [2.24, 2.45) is 5.73 Å². The van der Waals surface area contributed by atoms with Crippen LogP contribution in [0.2, 0.25) is 5.02 Å². The summed E-state index contributed by atoms with van der Waals surface area (Å²) in [5.74, 6) is 0.508. The molecule has 0 fully saturated rings. The van der Waals surface area contributed by atoms with Crippen LogP contribution in [-0.4, -0.2) is 33.1 Å². The second-order valence-corrected chi connectivity index (χ2v) is 7.25. The third-order valence-electron chi connectivity index (χ3n) is 2.76. The smallest absolute Gasteiger partial charge is 0.150 e. The highest BCUT2D eigenvalue weighted by atomic mass is 35.5. The van der Waals surface area contributed by atoms with Gasteiger partial charge in [0.2, 0.25) is 0 Å². The van der Waals surface area contributed by atoms with Crippen molar-refractivity contribution >= 4 is 21.4 Å². The second-order valence-electron chi connectivity index (χ2n) is 4.58. The summed E-state index contributed by atoms with van der Waals surface area (Å²) in [6.45, 7) is 2.11. The minimum atomic E-state index is -3.04. The molecular weight excluding hydrogens is 286 g/mol. The van der Waals surface area contributed by atoms with E-state index in [9.17, 15) is 8.42 Å². The standard InChI is InChI=1S/C13H20ClNO3S/c1-3-11(15)9-10-5-4-6-12(14)13(10)18-7-8-19(2,16)17/h4-6,11H,3,7-9,15H2,1-2H3. The average Bonchev–Trinajstić information content (AvgIpc) is 2.31. The monoisotopic (exact) mass is 305 g/mol. The molecule has 0 saturated carbocycles. The Morgan fingerprint density at radius 3 is 2.68 bits per heavy atom. The van der Waals surface area contributed by atoms with Gasteiger partial charge < -0.3 is 10.5 Å². The van der Waals surface area contributed by atoms with E-state index in [1.807, 2.05) is 19.1 Å². The first kappa shape index (κ1) is 16.3. The number of sulfone groups is 1. The van der Waals surface area contributed by atoms with Crippen molar-refractivity contribution in [3.63, 3.8) is 0 Å². The molecule has 0 aliphatic heterocycles. The van der Waals surface area contributed by atoms with E-state index in [0.717, 1.165) is 12.0 Å². The molecule has 1 aromatic carbocycles. The fraction of sp³-hybridized carbons (Fsp3) is 0.538. The first-order chi connectivity index (χ1) is 8.83. The molecular formula is C13H20ClNO3S. The molecule has 1 rings (SSSR count). The van der Waals surface area contributed by atoms with E-state index in [-0.39, 0.29) is 18.4 Å². The van der Waals surface area contributed by atoms with Gasteiger partial charge in [-0.05, 0) is 24.5 Å². The summed E-state index contributed by atoms with van der Waals surface area (Å²) in [6, 6.07) is 5.50. The van der Waals surface area contributed by atoms with Gasteiger partial charge in [0.05, 0.1) is 10.8 Å². The first-order valence-electron chi connectivity index (χ1n) is 6.17. The van der Waals surface area contributed by atoms with Crippen molar-refractivity contribution in [1.82, 2.24) is 0 Å². The van der Waals surface area contributed by atoms with Crippen molar-refractivity contribution in [2.45, 2.75) is 25.8 Å². The minimum Gasteiger partial charge on any atom is -0.491 e. The molecule has 0 saturated heterocycles. The maximum absolute atomic E-state index is 11.1. The van der Waals surface area contributed by atoms with Gasteiger partial charge in [-0.15, -0.1) is 0 Å². The predicted octanol–water partition coefficient (Wildman–Crippen LogP) is 2.04. The third-order valence-corrected chi connectivity index (χ3v) is 3.96. The van der Waals surface area contributed by atoms with Gasteiger partial charge in [0, 0.05) is 12.3 Å². The number of hydrogen-bond acceptors (Lipinski definition) is 4. The number of hydrogen-bond donors (Lipinski definition) is 1. The Bertz CT molecular complexity index is 517. The molecule has 0 amide bonds. The molecule has 2 N–H and O–H groups in total. The van der Waals surface area contributed by atoms with E-state index < -0.39 is 9.84 Å². The molecule has 6 heteroatoms. The van der Waals surface area contributed by atoms with Crippen molar-refractivity contribution in [3.05, 3.63) is 28.8 Å².